The van der Waals surface area contributed by atoms with E-state index in [1.54, 1.807) is 0 Å². The lowest BCUT2D eigenvalue weighted by Gasteiger charge is -2.57. The summed E-state index contributed by atoms with van der Waals surface area (Å²) in [5.74, 6) is 3.95. The van der Waals surface area contributed by atoms with Crippen LogP contribution in [-0.4, -0.2) is 11.6 Å². The average molecular weight is 378 g/mol. The van der Waals surface area contributed by atoms with Crippen molar-refractivity contribution in [3.05, 3.63) is 28.2 Å². The summed E-state index contributed by atoms with van der Waals surface area (Å²) in [7, 11) is 0. The molecule has 0 saturated heterocycles. The first-order chi connectivity index (χ1) is 11.0. The minimum Gasteiger partial charge on any atom is -0.490 e. The van der Waals surface area contributed by atoms with Crippen molar-refractivity contribution in [1.29, 1.82) is 0 Å². The van der Waals surface area contributed by atoms with E-state index in [2.05, 4.69) is 53.3 Å². The van der Waals surface area contributed by atoms with Crippen molar-refractivity contribution in [2.24, 2.45) is 17.8 Å². The fourth-order valence-electron chi connectivity index (χ4n) is 5.62. The zero-order valence-corrected chi connectivity index (χ0v) is 15.9. The normalized spacial score (nSPS) is 35.0. The molecule has 4 aliphatic carbocycles. The number of halogens is 1. The van der Waals surface area contributed by atoms with E-state index in [1.165, 1.54) is 44.1 Å². The van der Waals surface area contributed by atoms with Crippen molar-refractivity contribution >= 4 is 15.9 Å². The fourth-order valence-corrected chi connectivity index (χ4v) is 6.14. The highest BCUT2D eigenvalue weighted by Crippen LogP contribution is 2.55. The molecule has 126 valence electrons. The highest BCUT2D eigenvalue weighted by molar-refractivity contribution is 9.10. The van der Waals surface area contributed by atoms with Gasteiger partial charge in [-0.3, -0.25) is 0 Å². The highest BCUT2D eigenvalue weighted by Gasteiger charge is 2.50. The SMILES string of the molecule is CC(C)Oc1ccc(CNC23CC4CC(CC(C4)C2)C3)cc1Br. The van der Waals surface area contributed by atoms with Gasteiger partial charge in [-0.1, -0.05) is 6.07 Å². The van der Waals surface area contributed by atoms with Crippen molar-refractivity contribution in [3.63, 3.8) is 0 Å². The van der Waals surface area contributed by atoms with Crippen molar-refractivity contribution in [3.8, 4) is 5.75 Å². The molecule has 4 saturated carbocycles. The standard InChI is InChI=1S/C20H28BrNO/c1-13(2)23-19-4-3-14(8-18(19)21)12-22-20-9-15-5-16(10-20)7-17(6-15)11-20/h3-4,8,13,15-17,22H,5-7,9-12H2,1-2H3. The summed E-state index contributed by atoms with van der Waals surface area (Å²) in [6.07, 6.45) is 8.97. The van der Waals surface area contributed by atoms with Crippen LogP contribution >= 0.6 is 15.9 Å². The Morgan fingerprint density at radius 3 is 2.26 bits per heavy atom. The molecular weight excluding hydrogens is 350 g/mol. The van der Waals surface area contributed by atoms with Gasteiger partial charge in [-0.05, 0) is 104 Å². The molecule has 1 aromatic carbocycles. The van der Waals surface area contributed by atoms with E-state index in [-0.39, 0.29) is 6.10 Å². The number of hydrogen-bond donors (Lipinski definition) is 1. The van der Waals surface area contributed by atoms with Crippen LogP contribution in [-0.2, 0) is 6.54 Å². The van der Waals surface area contributed by atoms with Crippen LogP contribution in [0.25, 0.3) is 0 Å². The molecule has 2 nitrogen and oxygen atoms in total. The van der Waals surface area contributed by atoms with Gasteiger partial charge in [0.25, 0.3) is 0 Å². The van der Waals surface area contributed by atoms with Crippen LogP contribution < -0.4 is 10.1 Å². The fraction of sp³-hybridized carbons (Fsp3) is 0.700. The van der Waals surface area contributed by atoms with E-state index >= 15 is 0 Å². The van der Waals surface area contributed by atoms with E-state index < -0.39 is 0 Å². The number of nitrogens with one attached hydrogen (secondary N) is 1. The van der Waals surface area contributed by atoms with E-state index in [0.717, 1.165) is 34.5 Å². The molecule has 1 N–H and O–H groups in total. The predicted molar refractivity (Wildman–Crippen MR) is 97.6 cm³/mol. The smallest absolute Gasteiger partial charge is 0.133 e. The molecule has 3 heteroatoms. The van der Waals surface area contributed by atoms with Crippen LogP contribution in [0.4, 0.5) is 0 Å². The largest absolute Gasteiger partial charge is 0.490 e. The molecule has 4 bridgehead atoms. The van der Waals surface area contributed by atoms with Gasteiger partial charge in [0.2, 0.25) is 0 Å². The number of hydrogen-bond acceptors (Lipinski definition) is 2. The number of rotatable bonds is 5. The van der Waals surface area contributed by atoms with Crippen LogP contribution in [0, 0.1) is 17.8 Å². The van der Waals surface area contributed by atoms with E-state index in [0.29, 0.717) is 5.54 Å². The summed E-state index contributed by atoms with van der Waals surface area (Å²) >= 11 is 3.66. The lowest BCUT2D eigenvalue weighted by molar-refractivity contribution is -0.0206. The topological polar surface area (TPSA) is 21.3 Å². The summed E-state index contributed by atoms with van der Waals surface area (Å²) in [5, 5.41) is 3.97. The van der Waals surface area contributed by atoms with Gasteiger partial charge in [0.15, 0.2) is 0 Å². The van der Waals surface area contributed by atoms with Crippen molar-refractivity contribution in [2.45, 2.75) is 70.6 Å². The first-order valence-electron chi connectivity index (χ1n) is 9.21. The second kappa shape index (κ2) is 6.07. The maximum Gasteiger partial charge on any atom is 0.133 e. The molecule has 4 aliphatic rings. The zero-order chi connectivity index (χ0) is 16.0. The molecule has 23 heavy (non-hydrogen) atoms. The summed E-state index contributed by atoms with van der Waals surface area (Å²) in [5.41, 5.74) is 1.79. The van der Waals surface area contributed by atoms with Crippen molar-refractivity contribution < 1.29 is 4.74 Å². The minimum absolute atomic E-state index is 0.210. The second-order valence-electron chi connectivity index (χ2n) is 8.48. The summed E-state index contributed by atoms with van der Waals surface area (Å²) in [6.45, 7) is 5.11. The van der Waals surface area contributed by atoms with Crippen LogP contribution in [0.1, 0.15) is 57.9 Å². The van der Waals surface area contributed by atoms with Gasteiger partial charge in [-0.15, -0.1) is 0 Å². The maximum atomic E-state index is 5.81. The third kappa shape index (κ3) is 3.32. The molecule has 5 rings (SSSR count). The van der Waals surface area contributed by atoms with Crippen LogP contribution in [0.5, 0.6) is 5.75 Å². The van der Waals surface area contributed by atoms with Crippen LogP contribution in [0.2, 0.25) is 0 Å². The zero-order valence-electron chi connectivity index (χ0n) is 14.3. The third-order valence-electron chi connectivity index (χ3n) is 6.06. The molecule has 0 heterocycles. The van der Waals surface area contributed by atoms with Gasteiger partial charge < -0.3 is 10.1 Å². The van der Waals surface area contributed by atoms with E-state index in [1.807, 2.05) is 0 Å². The van der Waals surface area contributed by atoms with Gasteiger partial charge >= 0.3 is 0 Å². The van der Waals surface area contributed by atoms with Gasteiger partial charge in [-0.2, -0.15) is 0 Å². The lowest BCUT2D eigenvalue weighted by atomic mass is 9.53. The molecule has 0 aliphatic heterocycles. The molecule has 1 aromatic rings. The van der Waals surface area contributed by atoms with E-state index in [9.17, 15) is 0 Å². The molecule has 0 aromatic heterocycles. The number of ether oxygens (including phenoxy) is 1. The Morgan fingerprint density at radius 2 is 1.74 bits per heavy atom. The summed E-state index contributed by atoms with van der Waals surface area (Å²) in [4.78, 5) is 0. The van der Waals surface area contributed by atoms with Crippen molar-refractivity contribution in [2.75, 3.05) is 0 Å². The Hall–Kier alpha value is -0.540. The van der Waals surface area contributed by atoms with Gasteiger partial charge in [0, 0.05) is 12.1 Å². The molecular formula is C20H28BrNO. The molecule has 0 amide bonds. The maximum absolute atomic E-state index is 5.81. The Balaban J connectivity index is 1.42. The molecule has 4 fully saturated rings. The first-order valence-corrected chi connectivity index (χ1v) is 10.0. The Labute approximate surface area is 148 Å². The molecule has 0 unspecified atom stereocenters. The van der Waals surface area contributed by atoms with Gasteiger partial charge in [-0.25, -0.2) is 0 Å². The van der Waals surface area contributed by atoms with Crippen LogP contribution in [0.15, 0.2) is 22.7 Å². The third-order valence-corrected chi connectivity index (χ3v) is 6.68. The minimum atomic E-state index is 0.210. The Bertz CT molecular complexity index is 548. The summed E-state index contributed by atoms with van der Waals surface area (Å²) < 4.78 is 6.88. The van der Waals surface area contributed by atoms with Crippen molar-refractivity contribution in [1.82, 2.24) is 5.32 Å². The van der Waals surface area contributed by atoms with Gasteiger partial charge in [0.05, 0.1) is 10.6 Å². The Morgan fingerprint density at radius 1 is 1.13 bits per heavy atom. The van der Waals surface area contributed by atoms with Crippen LogP contribution in [0.3, 0.4) is 0 Å². The summed E-state index contributed by atoms with van der Waals surface area (Å²) in [6, 6.07) is 6.52. The lowest BCUT2D eigenvalue weighted by Crippen LogP contribution is -2.58. The number of benzene rings is 1. The average Bonchev–Trinajstić information content (AvgIpc) is 2.46. The van der Waals surface area contributed by atoms with E-state index in [4.69, 9.17) is 4.74 Å². The Kier molecular flexibility index (Phi) is 4.21. The predicted octanol–water partition coefficient (Wildman–Crippen LogP) is 5.29. The molecule has 0 spiro atoms. The van der Waals surface area contributed by atoms with Gasteiger partial charge in [0.1, 0.15) is 5.75 Å². The first kappa shape index (κ1) is 16.0. The molecule has 0 radical (unpaired) electrons. The molecule has 0 atom stereocenters. The second-order valence-corrected chi connectivity index (χ2v) is 9.34. The highest BCUT2D eigenvalue weighted by atomic mass is 79.9. The quantitative estimate of drug-likeness (QED) is 0.751. The monoisotopic (exact) mass is 377 g/mol.